The molecule has 0 bridgehead atoms. The second kappa shape index (κ2) is 8.04. The lowest BCUT2D eigenvalue weighted by Crippen LogP contribution is -2.50. The predicted octanol–water partition coefficient (Wildman–Crippen LogP) is 6.88. The van der Waals surface area contributed by atoms with Crippen LogP contribution in [0.3, 0.4) is 0 Å². The first-order chi connectivity index (χ1) is 13.8. The van der Waals surface area contributed by atoms with Crippen molar-refractivity contribution in [2.45, 2.75) is 105 Å². The van der Waals surface area contributed by atoms with Crippen molar-refractivity contribution in [1.29, 1.82) is 0 Å². The summed E-state index contributed by atoms with van der Waals surface area (Å²) >= 11 is 0. The molecule has 0 saturated heterocycles. The van der Waals surface area contributed by atoms with Gasteiger partial charge in [-0.15, -0.1) is 0 Å². The first kappa shape index (κ1) is 21.4. The van der Waals surface area contributed by atoms with Crippen LogP contribution in [0.1, 0.15) is 105 Å². The largest absolute Gasteiger partial charge is 0.369 e. The number of hydrogen-bond acceptors (Lipinski definition) is 1. The Morgan fingerprint density at radius 3 is 2.66 bits per heavy atom. The normalized spacial score (nSPS) is 43.5. The zero-order valence-electron chi connectivity index (χ0n) is 19.5. The van der Waals surface area contributed by atoms with Crippen molar-refractivity contribution in [1.82, 2.24) is 0 Å². The molecular weight excluding hydrogens is 354 g/mol. The van der Waals surface area contributed by atoms with E-state index >= 15 is 0 Å². The van der Waals surface area contributed by atoms with Crippen molar-refractivity contribution in [3.05, 3.63) is 11.6 Å². The van der Waals surface area contributed by atoms with Gasteiger partial charge in [0.1, 0.15) is 0 Å². The number of fused-ring (bicyclic) bond motifs is 5. The summed E-state index contributed by atoms with van der Waals surface area (Å²) in [6.07, 6.45) is 19.0. The van der Waals surface area contributed by atoms with E-state index in [-0.39, 0.29) is 11.8 Å². The first-order valence-corrected chi connectivity index (χ1v) is 12.8. The number of primary amides is 1. The lowest BCUT2D eigenvalue weighted by Gasteiger charge is -2.58. The van der Waals surface area contributed by atoms with Gasteiger partial charge in [0.05, 0.1) is 0 Å². The number of nitrogens with two attached hydrogens (primary N) is 1. The Bertz CT molecular complexity index is 653. The van der Waals surface area contributed by atoms with Crippen LogP contribution in [0.5, 0.6) is 0 Å². The van der Waals surface area contributed by atoms with Gasteiger partial charge in [-0.2, -0.15) is 0 Å². The summed E-state index contributed by atoms with van der Waals surface area (Å²) in [6.45, 7) is 9.78. The van der Waals surface area contributed by atoms with Gasteiger partial charge in [0.2, 0.25) is 5.91 Å². The number of rotatable bonds is 6. The Balaban J connectivity index is 1.44. The van der Waals surface area contributed by atoms with E-state index in [9.17, 15) is 4.79 Å². The van der Waals surface area contributed by atoms with Gasteiger partial charge in [-0.05, 0) is 98.2 Å². The molecule has 2 heteroatoms. The zero-order chi connectivity index (χ0) is 20.8. The lowest BCUT2D eigenvalue weighted by atomic mass is 9.47. The maximum Gasteiger partial charge on any atom is 0.220 e. The van der Waals surface area contributed by atoms with E-state index in [4.69, 9.17) is 5.73 Å². The Kier molecular flexibility index (Phi) is 5.95. The summed E-state index contributed by atoms with van der Waals surface area (Å²) in [5.41, 5.74) is 8.37. The topological polar surface area (TPSA) is 43.1 Å². The summed E-state index contributed by atoms with van der Waals surface area (Å²) in [5, 5.41) is 0. The van der Waals surface area contributed by atoms with E-state index in [1.807, 2.05) is 12.5 Å². The van der Waals surface area contributed by atoms with E-state index in [2.05, 4.69) is 26.8 Å². The van der Waals surface area contributed by atoms with Crippen molar-refractivity contribution >= 4 is 5.91 Å². The van der Waals surface area contributed by atoms with Gasteiger partial charge >= 0.3 is 0 Å². The molecule has 3 fully saturated rings. The lowest BCUT2D eigenvalue weighted by molar-refractivity contribution is -0.121. The number of carbonyl (C=O) groups is 1. The van der Waals surface area contributed by atoms with Gasteiger partial charge in [-0.3, -0.25) is 4.79 Å². The third kappa shape index (κ3) is 3.61. The van der Waals surface area contributed by atoms with Crippen LogP contribution in [0.15, 0.2) is 11.6 Å². The highest BCUT2D eigenvalue weighted by molar-refractivity contribution is 5.76. The highest BCUT2D eigenvalue weighted by Gasteiger charge is 2.58. The minimum atomic E-state index is -0.134. The van der Waals surface area contributed by atoms with Crippen molar-refractivity contribution in [3.8, 4) is 0 Å². The monoisotopic (exact) mass is 399 g/mol. The summed E-state index contributed by atoms with van der Waals surface area (Å²) < 4.78 is 0. The molecule has 4 rings (SSSR count). The molecule has 4 unspecified atom stereocenters. The average Bonchev–Trinajstić information content (AvgIpc) is 3.04. The highest BCUT2D eigenvalue weighted by Crippen LogP contribution is 2.67. The maximum atomic E-state index is 11.3. The van der Waals surface area contributed by atoms with Crippen molar-refractivity contribution in [2.75, 3.05) is 0 Å². The van der Waals surface area contributed by atoms with Crippen LogP contribution in [0.2, 0.25) is 0 Å². The standard InChI is InChI=1S/C27H45NO/c1-18(8-7-9-19(2)25(28)29)22-13-14-23-21-12-11-20-10-5-6-16-26(20,3)24(21)15-17-27(22,23)4/h11,18-19,21-24H,5-10,12-17H2,1-4H3,(H2,28,29)/t18-,19?,21?,22-,23?,24?,26+,27-/m1/s1. The minimum absolute atomic E-state index is 0.0315. The number of hydrogen-bond donors (Lipinski definition) is 1. The molecule has 0 spiro atoms. The molecule has 0 radical (unpaired) electrons. The Labute approximate surface area is 179 Å². The SMILES string of the molecule is CC(CCC[C@@H](C)[C@H]1CCC2C3CC=C4CCCC[C@]4(C)C3CC[C@@]21C)C(N)=O. The second-order valence-electron chi connectivity index (χ2n) is 11.9. The van der Waals surface area contributed by atoms with Crippen molar-refractivity contribution in [3.63, 3.8) is 0 Å². The molecule has 1 amide bonds. The molecule has 164 valence electrons. The molecular formula is C27H45NO. The minimum Gasteiger partial charge on any atom is -0.369 e. The van der Waals surface area contributed by atoms with E-state index in [1.54, 1.807) is 0 Å². The van der Waals surface area contributed by atoms with Gasteiger partial charge < -0.3 is 5.73 Å². The van der Waals surface area contributed by atoms with Gasteiger partial charge in [0.25, 0.3) is 0 Å². The fourth-order valence-corrected chi connectivity index (χ4v) is 8.76. The molecule has 2 N–H and O–H groups in total. The number of allylic oxidation sites excluding steroid dienone is 2. The van der Waals surface area contributed by atoms with Crippen LogP contribution in [-0.4, -0.2) is 5.91 Å². The molecule has 0 aliphatic heterocycles. The third-order valence-corrected chi connectivity index (χ3v) is 10.6. The average molecular weight is 400 g/mol. The van der Waals surface area contributed by atoms with E-state index in [0.29, 0.717) is 10.8 Å². The molecule has 0 heterocycles. The van der Waals surface area contributed by atoms with Gasteiger partial charge in [0.15, 0.2) is 0 Å². The van der Waals surface area contributed by atoms with Crippen LogP contribution in [-0.2, 0) is 4.79 Å². The fraction of sp³-hybridized carbons (Fsp3) is 0.889. The van der Waals surface area contributed by atoms with Crippen molar-refractivity contribution < 1.29 is 4.79 Å². The molecule has 29 heavy (non-hydrogen) atoms. The van der Waals surface area contributed by atoms with Crippen LogP contribution < -0.4 is 5.73 Å². The predicted molar refractivity (Wildman–Crippen MR) is 121 cm³/mol. The van der Waals surface area contributed by atoms with Crippen molar-refractivity contribution in [2.24, 2.45) is 52.1 Å². The van der Waals surface area contributed by atoms with Crippen LogP contribution in [0.25, 0.3) is 0 Å². The molecule has 0 aromatic rings. The molecule has 4 aliphatic rings. The van der Waals surface area contributed by atoms with Crippen LogP contribution >= 0.6 is 0 Å². The van der Waals surface area contributed by atoms with E-state index in [0.717, 1.165) is 42.4 Å². The number of amides is 1. The fourth-order valence-electron chi connectivity index (χ4n) is 8.76. The third-order valence-electron chi connectivity index (χ3n) is 10.6. The molecule has 0 aromatic heterocycles. The van der Waals surface area contributed by atoms with Crippen LogP contribution in [0.4, 0.5) is 0 Å². The zero-order valence-corrected chi connectivity index (χ0v) is 19.5. The molecule has 0 aromatic carbocycles. The van der Waals surface area contributed by atoms with Crippen LogP contribution in [0, 0.1) is 46.3 Å². The van der Waals surface area contributed by atoms with E-state index < -0.39 is 0 Å². The summed E-state index contributed by atoms with van der Waals surface area (Å²) in [5.74, 6) is 4.38. The smallest absolute Gasteiger partial charge is 0.220 e. The molecule has 8 atom stereocenters. The second-order valence-corrected chi connectivity index (χ2v) is 11.9. The summed E-state index contributed by atoms with van der Waals surface area (Å²) in [7, 11) is 0. The van der Waals surface area contributed by atoms with E-state index in [1.165, 1.54) is 64.2 Å². The van der Waals surface area contributed by atoms with Gasteiger partial charge in [-0.1, -0.05) is 58.6 Å². The molecule has 2 nitrogen and oxygen atoms in total. The summed E-state index contributed by atoms with van der Waals surface area (Å²) in [6, 6.07) is 0. The molecule has 4 aliphatic carbocycles. The Morgan fingerprint density at radius 2 is 1.90 bits per heavy atom. The van der Waals surface area contributed by atoms with Gasteiger partial charge in [0, 0.05) is 5.92 Å². The Morgan fingerprint density at radius 1 is 1.10 bits per heavy atom. The van der Waals surface area contributed by atoms with Gasteiger partial charge in [-0.25, -0.2) is 0 Å². The Hall–Kier alpha value is -0.790. The number of carbonyl (C=O) groups excluding carboxylic acids is 1. The maximum absolute atomic E-state index is 11.3. The first-order valence-electron chi connectivity index (χ1n) is 12.8. The highest BCUT2D eigenvalue weighted by atomic mass is 16.1. The summed E-state index contributed by atoms with van der Waals surface area (Å²) in [4.78, 5) is 11.3. The quantitative estimate of drug-likeness (QED) is 0.486. The molecule has 3 saturated carbocycles.